The monoisotopic (exact) mass is 498 g/mol. The number of benzene rings is 1. The fourth-order valence-corrected chi connectivity index (χ4v) is 4.69. The zero-order valence-corrected chi connectivity index (χ0v) is 21.1. The molecule has 0 aliphatic heterocycles. The number of carbonyl (C=O) groups excluding carboxylic acids is 2. The number of hydrogen-bond donors (Lipinski definition) is 5. The molecule has 0 saturated heterocycles. The summed E-state index contributed by atoms with van der Waals surface area (Å²) in [5, 5.41) is 29.9. The van der Waals surface area contributed by atoms with Crippen molar-refractivity contribution in [3.8, 4) is 0 Å². The van der Waals surface area contributed by atoms with Crippen molar-refractivity contribution in [2.45, 2.75) is 51.1 Å². The number of amides is 2. The fraction of sp³-hybridized carbons (Fsp3) is 0.385. The van der Waals surface area contributed by atoms with Crippen molar-refractivity contribution >= 4 is 23.2 Å². The van der Waals surface area contributed by atoms with Gasteiger partial charge in [0.1, 0.15) is 0 Å². The van der Waals surface area contributed by atoms with Gasteiger partial charge in [0, 0.05) is 36.1 Å². The molecular weight excluding hydrogens is 464 g/mol. The van der Waals surface area contributed by atoms with Gasteiger partial charge in [-0.3, -0.25) is 9.59 Å². The van der Waals surface area contributed by atoms with Gasteiger partial charge in [0.05, 0.1) is 18.3 Å². The Morgan fingerprint density at radius 2 is 1.74 bits per heavy atom. The van der Waals surface area contributed by atoms with Crippen molar-refractivity contribution in [2.75, 3.05) is 14.1 Å². The van der Waals surface area contributed by atoms with Crippen LogP contribution in [0.2, 0.25) is 0 Å². The molecule has 0 saturated carbocycles. The SMILES string of the molecule is CNC1=C(NCc2ccc(CNC(=O)[C@H](O)[C@@H](O)C(=O)N(C)[C@H](C)c3ccccc3)s2)C=CCC1. The lowest BCUT2D eigenvalue weighted by molar-refractivity contribution is -0.153. The highest BCUT2D eigenvalue weighted by Crippen LogP contribution is 2.21. The Hall–Kier alpha value is -3.14. The summed E-state index contributed by atoms with van der Waals surface area (Å²) in [6, 6.07) is 12.9. The second kappa shape index (κ2) is 12.5. The van der Waals surface area contributed by atoms with Gasteiger partial charge < -0.3 is 31.1 Å². The van der Waals surface area contributed by atoms with Crippen LogP contribution in [0.15, 0.2) is 66.0 Å². The summed E-state index contributed by atoms with van der Waals surface area (Å²) < 4.78 is 0. The lowest BCUT2D eigenvalue weighted by Crippen LogP contribution is -2.50. The first-order chi connectivity index (χ1) is 16.8. The van der Waals surface area contributed by atoms with Gasteiger partial charge in [-0.2, -0.15) is 0 Å². The molecule has 2 amide bonds. The first kappa shape index (κ1) is 26.5. The molecule has 9 heteroatoms. The number of carbonyl (C=O) groups is 2. The minimum Gasteiger partial charge on any atom is -0.390 e. The number of likely N-dealkylation sites (N-methyl/N-ethyl adjacent to an activating group) is 1. The summed E-state index contributed by atoms with van der Waals surface area (Å²) in [5.41, 5.74) is 3.15. The normalized spacial score (nSPS) is 15.8. The smallest absolute Gasteiger partial charge is 0.254 e. The molecule has 188 valence electrons. The van der Waals surface area contributed by atoms with Crippen LogP contribution in [-0.4, -0.2) is 53.2 Å². The number of nitrogens with one attached hydrogen (secondary N) is 3. The molecule has 2 aromatic rings. The van der Waals surface area contributed by atoms with Crippen LogP contribution in [0.25, 0.3) is 0 Å². The molecule has 8 nitrogen and oxygen atoms in total. The van der Waals surface area contributed by atoms with E-state index in [9.17, 15) is 19.8 Å². The highest BCUT2D eigenvalue weighted by atomic mass is 32.1. The molecule has 0 spiro atoms. The Morgan fingerprint density at radius 1 is 1.06 bits per heavy atom. The van der Waals surface area contributed by atoms with E-state index in [4.69, 9.17) is 0 Å². The number of nitrogens with zero attached hydrogens (tertiary/aromatic N) is 1. The molecule has 1 aliphatic rings. The minimum absolute atomic E-state index is 0.197. The van der Waals surface area contributed by atoms with Gasteiger partial charge in [0.25, 0.3) is 11.8 Å². The summed E-state index contributed by atoms with van der Waals surface area (Å²) in [5.74, 6) is -1.52. The largest absolute Gasteiger partial charge is 0.390 e. The third-order valence-corrected chi connectivity index (χ3v) is 7.20. The average molecular weight is 499 g/mol. The van der Waals surface area contributed by atoms with E-state index in [-0.39, 0.29) is 12.6 Å². The predicted molar refractivity (Wildman–Crippen MR) is 137 cm³/mol. The molecule has 1 aromatic heterocycles. The molecule has 1 aliphatic carbocycles. The Morgan fingerprint density at radius 3 is 2.43 bits per heavy atom. The van der Waals surface area contributed by atoms with Crippen LogP contribution in [0.3, 0.4) is 0 Å². The van der Waals surface area contributed by atoms with E-state index in [1.807, 2.05) is 56.4 Å². The summed E-state index contributed by atoms with van der Waals surface area (Å²) in [7, 11) is 3.46. The van der Waals surface area contributed by atoms with E-state index < -0.39 is 24.0 Å². The maximum atomic E-state index is 12.6. The van der Waals surface area contributed by atoms with Gasteiger partial charge in [0.2, 0.25) is 0 Å². The van der Waals surface area contributed by atoms with E-state index >= 15 is 0 Å². The fourth-order valence-electron chi connectivity index (χ4n) is 3.80. The molecule has 0 fully saturated rings. The van der Waals surface area contributed by atoms with Gasteiger partial charge in [0.15, 0.2) is 12.2 Å². The zero-order chi connectivity index (χ0) is 25.4. The van der Waals surface area contributed by atoms with Crippen LogP contribution >= 0.6 is 11.3 Å². The molecule has 3 rings (SSSR count). The van der Waals surface area contributed by atoms with Crippen LogP contribution in [0.1, 0.15) is 41.1 Å². The summed E-state index contributed by atoms with van der Waals surface area (Å²) in [4.78, 5) is 28.4. The van der Waals surface area contributed by atoms with Crippen LogP contribution in [0.4, 0.5) is 0 Å². The molecule has 0 unspecified atom stereocenters. The number of rotatable bonds is 11. The molecule has 0 bridgehead atoms. The van der Waals surface area contributed by atoms with Gasteiger partial charge in [-0.1, -0.05) is 36.4 Å². The van der Waals surface area contributed by atoms with Gasteiger partial charge in [-0.15, -0.1) is 11.3 Å². The Balaban J connectivity index is 1.49. The minimum atomic E-state index is -1.86. The number of hydrogen-bond acceptors (Lipinski definition) is 7. The second-order valence-corrected chi connectivity index (χ2v) is 9.70. The van der Waals surface area contributed by atoms with Crippen molar-refractivity contribution in [3.63, 3.8) is 0 Å². The third kappa shape index (κ3) is 6.94. The number of thiophene rings is 1. The lowest BCUT2D eigenvalue weighted by Gasteiger charge is -2.28. The quantitative estimate of drug-likeness (QED) is 0.325. The Labute approximate surface area is 210 Å². The molecule has 3 atom stereocenters. The Kier molecular flexibility index (Phi) is 9.47. The molecular formula is C26H34N4O4S. The van der Waals surface area contributed by atoms with Crippen molar-refractivity contribution in [1.29, 1.82) is 0 Å². The van der Waals surface area contributed by atoms with E-state index in [2.05, 4.69) is 28.1 Å². The first-order valence-electron chi connectivity index (χ1n) is 11.7. The van der Waals surface area contributed by atoms with Gasteiger partial charge in [-0.25, -0.2) is 0 Å². The van der Waals surface area contributed by atoms with Crippen LogP contribution in [0.5, 0.6) is 0 Å². The van der Waals surface area contributed by atoms with Crippen LogP contribution < -0.4 is 16.0 Å². The van der Waals surface area contributed by atoms with Gasteiger partial charge >= 0.3 is 0 Å². The van der Waals surface area contributed by atoms with E-state index in [0.29, 0.717) is 6.54 Å². The molecule has 1 aromatic carbocycles. The summed E-state index contributed by atoms with van der Waals surface area (Å²) in [6.07, 6.45) is 2.51. The second-order valence-electron chi connectivity index (χ2n) is 8.45. The summed E-state index contributed by atoms with van der Waals surface area (Å²) >= 11 is 1.54. The van der Waals surface area contributed by atoms with Crippen molar-refractivity contribution in [2.24, 2.45) is 0 Å². The third-order valence-electron chi connectivity index (χ3n) is 6.11. The van der Waals surface area contributed by atoms with E-state index in [1.54, 1.807) is 11.3 Å². The van der Waals surface area contributed by atoms with E-state index in [0.717, 1.165) is 33.9 Å². The molecule has 35 heavy (non-hydrogen) atoms. The van der Waals surface area contributed by atoms with Crippen LogP contribution in [-0.2, 0) is 22.7 Å². The maximum absolute atomic E-state index is 12.6. The molecule has 5 N–H and O–H groups in total. The molecule has 1 heterocycles. The van der Waals surface area contributed by atoms with Crippen molar-refractivity contribution < 1.29 is 19.8 Å². The first-order valence-corrected chi connectivity index (χ1v) is 12.5. The highest BCUT2D eigenvalue weighted by Gasteiger charge is 2.33. The maximum Gasteiger partial charge on any atom is 0.254 e. The molecule has 0 radical (unpaired) electrons. The standard InChI is InChI=1S/C26H34N4O4S/c1-17(18-9-5-4-6-10-18)30(3)26(34)24(32)23(31)25(33)29-16-20-14-13-19(35-20)15-28-22-12-8-7-11-21(22)27-2/h4-6,8-10,12-14,17,23-24,27-28,31-32H,7,11,15-16H2,1-3H3,(H,29,33)/t17-,23-,24-/m1/s1. The zero-order valence-electron chi connectivity index (χ0n) is 20.3. The topological polar surface area (TPSA) is 114 Å². The highest BCUT2D eigenvalue weighted by molar-refractivity contribution is 7.11. The predicted octanol–water partition coefficient (Wildman–Crippen LogP) is 2.18. The van der Waals surface area contributed by atoms with Crippen molar-refractivity contribution in [3.05, 3.63) is 81.3 Å². The van der Waals surface area contributed by atoms with Crippen molar-refractivity contribution in [1.82, 2.24) is 20.9 Å². The Bertz CT molecular complexity index is 1070. The van der Waals surface area contributed by atoms with Crippen LogP contribution in [0, 0.1) is 0 Å². The average Bonchev–Trinajstić information content (AvgIpc) is 3.36. The van der Waals surface area contributed by atoms with Gasteiger partial charge in [-0.05, 0) is 43.5 Å². The lowest BCUT2D eigenvalue weighted by atomic mass is 10.1. The number of aliphatic hydroxyl groups excluding tert-OH is 2. The summed E-state index contributed by atoms with van der Waals surface area (Å²) in [6.45, 7) is 2.67. The number of allylic oxidation sites excluding steroid dienone is 3. The number of aliphatic hydroxyl groups is 2. The van der Waals surface area contributed by atoms with E-state index in [1.165, 1.54) is 17.6 Å².